The lowest BCUT2D eigenvalue weighted by Crippen LogP contribution is -2.49. The number of fused-ring (bicyclic) bond motifs is 2. The summed E-state index contributed by atoms with van der Waals surface area (Å²) in [6.07, 6.45) is 14.0. The molecular formula is C36H54N2O4. The van der Waals surface area contributed by atoms with Crippen LogP contribution in [0.25, 0.3) is 0 Å². The Morgan fingerprint density at radius 3 is 1.38 bits per heavy atom. The molecule has 6 nitrogen and oxygen atoms in total. The topological polar surface area (TPSA) is 65.4 Å². The summed E-state index contributed by atoms with van der Waals surface area (Å²) in [6.45, 7) is 11.0. The van der Waals surface area contributed by atoms with Crippen molar-refractivity contribution in [2.75, 3.05) is 26.7 Å². The third-order valence-corrected chi connectivity index (χ3v) is 10.4. The van der Waals surface area contributed by atoms with Gasteiger partial charge in [0, 0.05) is 40.7 Å². The van der Waals surface area contributed by atoms with Gasteiger partial charge in [-0.2, -0.15) is 0 Å². The number of hydrogen-bond acceptors (Lipinski definition) is 6. The lowest BCUT2D eigenvalue weighted by Gasteiger charge is -2.42. The van der Waals surface area contributed by atoms with Gasteiger partial charge in [-0.25, -0.2) is 0 Å². The number of nitrogens with zero attached hydrogens (tertiary/aromatic N) is 2. The van der Waals surface area contributed by atoms with Crippen molar-refractivity contribution in [1.29, 1.82) is 0 Å². The highest BCUT2D eigenvalue weighted by Crippen LogP contribution is 2.46. The average Bonchev–Trinajstić information content (AvgIpc) is 3.00. The highest BCUT2D eigenvalue weighted by Gasteiger charge is 2.38. The van der Waals surface area contributed by atoms with Crippen molar-refractivity contribution in [3.63, 3.8) is 0 Å². The summed E-state index contributed by atoms with van der Waals surface area (Å²) in [5.41, 5.74) is 4.42. The van der Waals surface area contributed by atoms with E-state index in [1.165, 1.54) is 80.0 Å². The van der Waals surface area contributed by atoms with Crippen molar-refractivity contribution in [2.24, 2.45) is 0 Å². The van der Waals surface area contributed by atoms with Crippen LogP contribution >= 0.6 is 0 Å². The maximum Gasteiger partial charge on any atom is 0.142 e. The van der Waals surface area contributed by atoms with Gasteiger partial charge in [0.25, 0.3) is 0 Å². The molecule has 5 rings (SSSR count). The van der Waals surface area contributed by atoms with Crippen LogP contribution in [0.1, 0.15) is 121 Å². The molecule has 1 fully saturated rings. The van der Waals surface area contributed by atoms with E-state index < -0.39 is 0 Å². The maximum absolute atomic E-state index is 10.0. The predicted octanol–water partition coefficient (Wildman–Crippen LogP) is 7.12. The zero-order valence-corrected chi connectivity index (χ0v) is 26.6. The van der Waals surface area contributed by atoms with Gasteiger partial charge < -0.3 is 19.7 Å². The van der Waals surface area contributed by atoms with Crippen LogP contribution in [0.3, 0.4) is 0 Å². The van der Waals surface area contributed by atoms with Crippen LogP contribution in [0.4, 0.5) is 0 Å². The van der Waals surface area contributed by atoms with Crippen molar-refractivity contribution < 1.29 is 19.7 Å². The summed E-state index contributed by atoms with van der Waals surface area (Å²) in [4.78, 5) is 4.47. The number of aliphatic hydroxyl groups is 2. The first kappa shape index (κ1) is 31.3. The van der Waals surface area contributed by atoms with Gasteiger partial charge in [0.05, 0.1) is 13.2 Å². The third-order valence-electron chi connectivity index (χ3n) is 10.4. The fourth-order valence-corrected chi connectivity index (χ4v) is 7.02. The van der Waals surface area contributed by atoms with Gasteiger partial charge >= 0.3 is 0 Å². The zero-order valence-electron chi connectivity index (χ0n) is 26.6. The molecule has 2 N–H and O–H groups in total. The summed E-state index contributed by atoms with van der Waals surface area (Å²) in [5.74, 6) is 1.93. The minimum absolute atomic E-state index is 0.0905. The lowest BCUT2D eigenvalue weighted by atomic mass is 9.67. The smallest absolute Gasteiger partial charge is 0.142 e. The molecule has 0 atom stereocenters. The first-order valence-corrected chi connectivity index (χ1v) is 16.4. The Hall–Kier alpha value is -2.12. The first-order chi connectivity index (χ1) is 20.2. The second-order valence-corrected chi connectivity index (χ2v) is 14.3. The number of ether oxygens (including phenoxy) is 2. The Morgan fingerprint density at radius 2 is 1.00 bits per heavy atom. The molecule has 0 bridgehead atoms. The van der Waals surface area contributed by atoms with Crippen molar-refractivity contribution in [3.05, 3.63) is 58.7 Å². The second kappa shape index (κ2) is 13.3. The summed E-state index contributed by atoms with van der Waals surface area (Å²) in [6, 6.07) is 13.9. The Kier molecular flexibility index (Phi) is 9.88. The van der Waals surface area contributed by atoms with Crippen LogP contribution in [0.5, 0.6) is 11.5 Å². The van der Waals surface area contributed by atoms with Gasteiger partial charge in [-0.05, 0) is 75.9 Å². The fourth-order valence-electron chi connectivity index (χ4n) is 7.02. The van der Waals surface area contributed by atoms with Gasteiger partial charge in [-0.15, -0.1) is 0 Å². The van der Waals surface area contributed by atoms with Crippen molar-refractivity contribution in [1.82, 2.24) is 9.80 Å². The molecule has 0 unspecified atom stereocenters. The van der Waals surface area contributed by atoms with E-state index in [-0.39, 0.29) is 29.7 Å². The lowest BCUT2D eigenvalue weighted by molar-refractivity contribution is -0.0168. The standard InChI is InChI=1S/C36H54N2O4/c1-34(2,24-39)37-22-28-20-30(14-16-32(28)41-26-37)36(18-12-10-8-6-5-7-9-11-13-19-36)31-15-17-33-29(21-31)23-38(27-42-33)35(3,4)25-40/h14-17,20-21,39-40H,5-13,18-19,22-27H2,1-4H3. The van der Waals surface area contributed by atoms with Crippen LogP contribution in [0.15, 0.2) is 36.4 Å². The molecule has 0 aromatic heterocycles. The molecule has 0 spiro atoms. The van der Waals surface area contributed by atoms with Crippen LogP contribution < -0.4 is 9.47 Å². The van der Waals surface area contributed by atoms with Crippen LogP contribution in [-0.4, -0.2) is 57.8 Å². The van der Waals surface area contributed by atoms with Gasteiger partial charge in [0.15, 0.2) is 0 Å². The SMILES string of the molecule is CC(C)(CO)N1COc2ccc(C3(c4ccc5c(c4)CN(C(C)(C)CO)CO5)CCCCCCCCCCC3)cc2C1. The molecule has 0 radical (unpaired) electrons. The van der Waals surface area contributed by atoms with E-state index in [4.69, 9.17) is 9.47 Å². The second-order valence-electron chi connectivity index (χ2n) is 14.3. The van der Waals surface area contributed by atoms with Gasteiger partial charge in [-0.3, -0.25) is 9.80 Å². The van der Waals surface area contributed by atoms with Crippen LogP contribution in [0, 0.1) is 0 Å². The Morgan fingerprint density at radius 1 is 0.619 bits per heavy atom. The predicted molar refractivity (Wildman–Crippen MR) is 169 cm³/mol. The quantitative estimate of drug-likeness (QED) is 0.380. The molecule has 2 aromatic rings. The van der Waals surface area contributed by atoms with E-state index in [0.29, 0.717) is 13.5 Å². The van der Waals surface area contributed by atoms with E-state index in [2.05, 4.69) is 73.9 Å². The largest absolute Gasteiger partial charge is 0.478 e. The highest BCUT2D eigenvalue weighted by atomic mass is 16.5. The number of benzene rings is 2. The fraction of sp³-hybridized carbons (Fsp3) is 0.667. The molecule has 0 amide bonds. The maximum atomic E-state index is 10.0. The van der Waals surface area contributed by atoms with E-state index in [0.717, 1.165) is 37.4 Å². The molecule has 42 heavy (non-hydrogen) atoms. The Balaban J connectivity index is 1.56. The van der Waals surface area contributed by atoms with Gasteiger partial charge in [0.2, 0.25) is 0 Å². The van der Waals surface area contributed by atoms with Crippen molar-refractivity contribution in [3.8, 4) is 11.5 Å². The van der Waals surface area contributed by atoms with Crippen LogP contribution in [0.2, 0.25) is 0 Å². The van der Waals surface area contributed by atoms with E-state index in [1.54, 1.807) is 0 Å². The van der Waals surface area contributed by atoms with Crippen LogP contribution in [-0.2, 0) is 18.5 Å². The number of aliphatic hydroxyl groups excluding tert-OH is 2. The van der Waals surface area contributed by atoms with E-state index in [1.807, 2.05) is 0 Å². The normalized spacial score (nSPS) is 21.2. The molecular weight excluding hydrogens is 524 g/mol. The summed E-state index contributed by atoms with van der Waals surface area (Å²) in [7, 11) is 0. The van der Waals surface area contributed by atoms with E-state index >= 15 is 0 Å². The molecule has 232 valence electrons. The molecule has 6 heteroatoms. The Bertz CT molecular complexity index is 1100. The minimum atomic E-state index is -0.342. The van der Waals surface area contributed by atoms with Crippen molar-refractivity contribution in [2.45, 2.75) is 128 Å². The van der Waals surface area contributed by atoms with Gasteiger partial charge in [0.1, 0.15) is 25.0 Å². The molecule has 2 heterocycles. The molecule has 0 saturated heterocycles. The van der Waals surface area contributed by atoms with E-state index in [9.17, 15) is 10.2 Å². The highest BCUT2D eigenvalue weighted by molar-refractivity contribution is 5.49. The minimum Gasteiger partial charge on any atom is -0.478 e. The summed E-state index contributed by atoms with van der Waals surface area (Å²) < 4.78 is 12.4. The molecule has 1 saturated carbocycles. The first-order valence-electron chi connectivity index (χ1n) is 16.4. The molecule has 3 aliphatic rings. The third kappa shape index (κ3) is 6.67. The molecule has 2 aromatic carbocycles. The average molecular weight is 579 g/mol. The number of rotatable bonds is 6. The van der Waals surface area contributed by atoms with Gasteiger partial charge in [-0.1, -0.05) is 69.9 Å². The summed E-state index contributed by atoms with van der Waals surface area (Å²) >= 11 is 0. The number of hydrogen-bond donors (Lipinski definition) is 2. The molecule has 2 aliphatic heterocycles. The zero-order chi connectivity index (χ0) is 29.8. The van der Waals surface area contributed by atoms with Crippen molar-refractivity contribution >= 4 is 0 Å². The summed E-state index contributed by atoms with van der Waals surface area (Å²) in [5, 5.41) is 20.1. The Labute approximate surface area is 254 Å². The molecule has 1 aliphatic carbocycles. The monoisotopic (exact) mass is 578 g/mol.